The number of rotatable bonds is 6. The highest BCUT2D eigenvalue weighted by molar-refractivity contribution is 8.01. The molecule has 170 valence electrons. The minimum Gasteiger partial charge on any atom is -0.497 e. The number of imide groups is 1. The monoisotopic (exact) mass is 484 g/mol. The molecule has 1 saturated heterocycles. The molecule has 1 aliphatic heterocycles. The molecule has 0 bridgehead atoms. The van der Waals surface area contributed by atoms with Crippen molar-refractivity contribution in [3.8, 4) is 5.75 Å². The summed E-state index contributed by atoms with van der Waals surface area (Å²) in [6.07, 6.45) is -0.235. The van der Waals surface area contributed by atoms with Crippen molar-refractivity contribution in [1.82, 2.24) is 15.4 Å². The summed E-state index contributed by atoms with van der Waals surface area (Å²) in [6, 6.07) is 13.0. The number of nitrogens with zero attached hydrogens (tertiary/aromatic N) is 3. The number of hydrogen-bond donors (Lipinski definition) is 1. The van der Waals surface area contributed by atoms with Crippen LogP contribution >= 0.6 is 23.1 Å². The maximum absolute atomic E-state index is 13.0. The fourth-order valence-electron chi connectivity index (χ4n) is 3.42. The van der Waals surface area contributed by atoms with E-state index in [0.29, 0.717) is 11.4 Å². The van der Waals surface area contributed by atoms with Crippen LogP contribution in [0, 0.1) is 0 Å². The van der Waals surface area contributed by atoms with E-state index in [4.69, 9.17) is 4.74 Å². The highest BCUT2D eigenvalue weighted by Gasteiger charge is 2.44. The number of anilines is 1. The SMILES string of the molecule is COc1cccc(N2C(=O)CC(N(NC(=O)CSc3nc4ccccc4s3)C(C)=O)C2=O)c1. The Morgan fingerprint density at radius 3 is 2.76 bits per heavy atom. The van der Waals surface area contributed by atoms with Crippen LogP contribution in [0.4, 0.5) is 5.69 Å². The van der Waals surface area contributed by atoms with Crippen molar-refractivity contribution >= 4 is 62.6 Å². The number of nitrogens with one attached hydrogen (secondary N) is 1. The number of amides is 4. The van der Waals surface area contributed by atoms with E-state index in [2.05, 4.69) is 10.4 Å². The van der Waals surface area contributed by atoms with E-state index < -0.39 is 29.7 Å². The van der Waals surface area contributed by atoms with Crippen molar-refractivity contribution in [1.29, 1.82) is 0 Å². The quantitative estimate of drug-likeness (QED) is 0.325. The molecule has 9 nitrogen and oxygen atoms in total. The minimum absolute atomic E-state index is 0.00193. The van der Waals surface area contributed by atoms with Crippen molar-refractivity contribution in [2.75, 3.05) is 17.8 Å². The van der Waals surface area contributed by atoms with Crippen molar-refractivity contribution < 1.29 is 23.9 Å². The lowest BCUT2D eigenvalue weighted by molar-refractivity contribution is -0.145. The van der Waals surface area contributed by atoms with Gasteiger partial charge in [0.25, 0.3) is 5.91 Å². The van der Waals surface area contributed by atoms with E-state index in [0.717, 1.165) is 24.5 Å². The number of ether oxygens (including phenoxy) is 1. The van der Waals surface area contributed by atoms with E-state index in [1.54, 1.807) is 24.3 Å². The molecule has 4 amide bonds. The van der Waals surface area contributed by atoms with E-state index >= 15 is 0 Å². The Bertz CT molecular complexity index is 1210. The van der Waals surface area contributed by atoms with Gasteiger partial charge in [0.15, 0.2) is 4.34 Å². The topological polar surface area (TPSA) is 109 Å². The predicted molar refractivity (Wildman–Crippen MR) is 125 cm³/mol. The standard InChI is InChI=1S/C22H20N4O5S2/c1-13(27)26(24-19(28)12-32-22-23-16-8-3-4-9-18(16)33-22)17-11-20(29)25(21(17)30)14-6-5-7-15(10-14)31-2/h3-10,17H,11-12H2,1-2H3,(H,24,28). The molecule has 4 rings (SSSR count). The Hall–Kier alpha value is -3.44. The summed E-state index contributed by atoms with van der Waals surface area (Å²) >= 11 is 2.70. The third kappa shape index (κ3) is 4.83. The predicted octanol–water partition coefficient (Wildman–Crippen LogP) is 2.61. The first-order chi connectivity index (χ1) is 15.9. The largest absolute Gasteiger partial charge is 0.497 e. The first-order valence-corrected chi connectivity index (χ1v) is 11.8. The molecule has 1 fully saturated rings. The molecule has 3 aromatic rings. The number of fused-ring (bicyclic) bond motifs is 1. The molecule has 1 aliphatic rings. The van der Waals surface area contributed by atoms with Crippen LogP contribution in [-0.2, 0) is 19.2 Å². The molecular weight excluding hydrogens is 464 g/mol. The van der Waals surface area contributed by atoms with Gasteiger partial charge >= 0.3 is 0 Å². The highest BCUT2D eigenvalue weighted by Crippen LogP contribution is 2.30. The number of thioether (sulfide) groups is 1. The second-order valence-electron chi connectivity index (χ2n) is 7.15. The van der Waals surface area contributed by atoms with Crippen LogP contribution in [0.5, 0.6) is 5.75 Å². The van der Waals surface area contributed by atoms with Crippen LogP contribution in [0.15, 0.2) is 52.9 Å². The molecule has 0 spiro atoms. The number of hydrogen-bond acceptors (Lipinski definition) is 8. The number of carbonyl (C=O) groups is 4. The summed E-state index contributed by atoms with van der Waals surface area (Å²) in [5.41, 5.74) is 3.68. The second kappa shape index (κ2) is 9.59. The summed E-state index contributed by atoms with van der Waals surface area (Å²) < 4.78 is 6.89. The van der Waals surface area contributed by atoms with Crippen LogP contribution in [0.3, 0.4) is 0 Å². The molecule has 1 N–H and O–H groups in total. The van der Waals surface area contributed by atoms with Gasteiger partial charge in [0, 0.05) is 13.0 Å². The van der Waals surface area contributed by atoms with Gasteiger partial charge in [-0.1, -0.05) is 30.0 Å². The van der Waals surface area contributed by atoms with Crippen LogP contribution in [0.1, 0.15) is 13.3 Å². The summed E-state index contributed by atoms with van der Waals surface area (Å²) in [5.74, 6) is -1.61. The van der Waals surface area contributed by atoms with E-state index in [-0.39, 0.29) is 12.2 Å². The zero-order valence-electron chi connectivity index (χ0n) is 17.8. The Morgan fingerprint density at radius 1 is 1.24 bits per heavy atom. The van der Waals surface area contributed by atoms with E-state index in [9.17, 15) is 19.2 Å². The van der Waals surface area contributed by atoms with Gasteiger partial charge in [0.1, 0.15) is 11.8 Å². The normalized spacial score (nSPS) is 15.7. The molecule has 1 aromatic heterocycles. The van der Waals surface area contributed by atoms with Gasteiger partial charge in [-0.05, 0) is 24.3 Å². The maximum atomic E-state index is 13.0. The van der Waals surface area contributed by atoms with Crippen molar-refractivity contribution in [2.24, 2.45) is 0 Å². The molecule has 0 saturated carbocycles. The Labute approximate surface area is 197 Å². The number of hydrazine groups is 1. The molecule has 11 heteroatoms. The lowest BCUT2D eigenvalue weighted by Crippen LogP contribution is -2.54. The van der Waals surface area contributed by atoms with Crippen molar-refractivity contribution in [3.63, 3.8) is 0 Å². The number of methoxy groups -OCH3 is 1. The molecule has 0 radical (unpaired) electrons. The molecule has 2 heterocycles. The maximum Gasteiger partial charge on any atom is 0.259 e. The zero-order chi connectivity index (χ0) is 23.5. The van der Waals surface area contributed by atoms with Gasteiger partial charge < -0.3 is 4.74 Å². The Balaban J connectivity index is 1.44. The van der Waals surface area contributed by atoms with E-state index in [1.165, 1.54) is 37.1 Å². The van der Waals surface area contributed by atoms with Crippen molar-refractivity contribution in [3.05, 3.63) is 48.5 Å². The average molecular weight is 485 g/mol. The fourth-order valence-corrected chi connectivity index (χ4v) is 5.28. The molecular formula is C22H20N4O5S2. The molecule has 1 unspecified atom stereocenters. The minimum atomic E-state index is -1.13. The third-order valence-corrected chi connectivity index (χ3v) is 7.11. The van der Waals surface area contributed by atoms with Crippen LogP contribution in [0.25, 0.3) is 10.2 Å². The van der Waals surface area contributed by atoms with Gasteiger partial charge in [-0.25, -0.2) is 14.9 Å². The number of thiazole rings is 1. The van der Waals surface area contributed by atoms with E-state index in [1.807, 2.05) is 24.3 Å². The van der Waals surface area contributed by atoms with Crippen LogP contribution in [-0.4, -0.2) is 52.5 Å². The smallest absolute Gasteiger partial charge is 0.259 e. The number of carbonyl (C=O) groups excluding carboxylic acids is 4. The van der Waals surface area contributed by atoms with Crippen molar-refractivity contribution in [2.45, 2.75) is 23.7 Å². The summed E-state index contributed by atoms with van der Waals surface area (Å²) in [7, 11) is 1.48. The molecule has 2 aromatic carbocycles. The molecule has 33 heavy (non-hydrogen) atoms. The summed E-state index contributed by atoms with van der Waals surface area (Å²) in [4.78, 5) is 55.9. The average Bonchev–Trinajstić information content (AvgIpc) is 3.35. The number of benzene rings is 2. The fraction of sp³-hybridized carbons (Fsp3) is 0.227. The van der Waals surface area contributed by atoms with Crippen LogP contribution < -0.4 is 15.1 Å². The highest BCUT2D eigenvalue weighted by atomic mass is 32.2. The molecule has 0 aliphatic carbocycles. The Kier molecular flexibility index (Phi) is 6.61. The summed E-state index contributed by atoms with van der Waals surface area (Å²) in [5, 5.41) is 0.932. The second-order valence-corrected chi connectivity index (χ2v) is 9.40. The zero-order valence-corrected chi connectivity index (χ0v) is 19.4. The lowest BCUT2D eigenvalue weighted by atomic mass is 10.2. The number of aromatic nitrogens is 1. The number of para-hydroxylation sites is 1. The van der Waals surface area contributed by atoms with Gasteiger partial charge in [-0.2, -0.15) is 0 Å². The third-order valence-electron chi connectivity index (χ3n) is 4.93. The van der Waals surface area contributed by atoms with Gasteiger partial charge in [-0.15, -0.1) is 11.3 Å². The van der Waals surface area contributed by atoms with Crippen LogP contribution in [0.2, 0.25) is 0 Å². The first-order valence-electron chi connectivity index (χ1n) is 9.96. The molecule has 1 atom stereocenters. The summed E-state index contributed by atoms with van der Waals surface area (Å²) in [6.45, 7) is 1.23. The Morgan fingerprint density at radius 2 is 2.03 bits per heavy atom. The van der Waals surface area contributed by atoms with Gasteiger partial charge in [-0.3, -0.25) is 24.6 Å². The van der Waals surface area contributed by atoms with Gasteiger partial charge in [0.2, 0.25) is 17.7 Å². The lowest BCUT2D eigenvalue weighted by Gasteiger charge is -2.26. The van der Waals surface area contributed by atoms with Gasteiger partial charge in [0.05, 0.1) is 35.2 Å². The first kappa shape index (κ1) is 22.7.